The number of ether oxygens (including phenoxy) is 1. The van der Waals surface area contributed by atoms with Gasteiger partial charge in [-0.25, -0.2) is 0 Å². The molecule has 2 aromatic carbocycles. The highest BCUT2D eigenvalue weighted by Crippen LogP contribution is 2.51. The van der Waals surface area contributed by atoms with Gasteiger partial charge < -0.3 is 15.4 Å². The van der Waals surface area contributed by atoms with Crippen molar-refractivity contribution in [2.45, 2.75) is 12.2 Å². The minimum absolute atomic E-state index is 0.233. The van der Waals surface area contributed by atoms with E-state index in [2.05, 4.69) is 5.73 Å². The Hall–Kier alpha value is -1.61. The molecule has 2 atom stereocenters. The van der Waals surface area contributed by atoms with Gasteiger partial charge in [-0.1, -0.05) is 30.3 Å². The maximum Gasteiger partial charge on any atom is 0.261 e. The fraction of sp³-hybridized carbons (Fsp3) is 0.250. The second kappa shape index (κ2) is 6.90. The van der Waals surface area contributed by atoms with Gasteiger partial charge in [-0.3, -0.25) is 4.57 Å². The van der Waals surface area contributed by atoms with Gasteiger partial charge in [0.25, 0.3) is 7.37 Å². The zero-order valence-corrected chi connectivity index (χ0v) is 13.0. The zero-order chi connectivity index (χ0) is 15.3. The number of hydrogen-bond acceptors (Lipinski definition) is 2. The number of quaternary nitrogens is 1. The van der Waals surface area contributed by atoms with Crippen LogP contribution in [0, 0.1) is 0 Å². The molecule has 4 N–H and O–H groups in total. The van der Waals surface area contributed by atoms with Crippen LogP contribution in [-0.2, 0) is 11.0 Å². The van der Waals surface area contributed by atoms with Crippen molar-refractivity contribution >= 4 is 7.37 Å². The second-order valence-electron chi connectivity index (χ2n) is 5.00. The first-order valence-electron chi connectivity index (χ1n) is 6.85. The summed E-state index contributed by atoms with van der Waals surface area (Å²) in [5.74, 6) is 0.107. The molecule has 4 nitrogen and oxygen atoms in total. The molecule has 0 aliphatic carbocycles. The molecule has 2 rings (SSSR count). The molecule has 0 saturated carbocycles. The highest BCUT2D eigenvalue weighted by molar-refractivity contribution is 7.58. The molecular formula is C16H21NO3P+. The van der Waals surface area contributed by atoms with Gasteiger partial charge in [-0.15, -0.1) is 0 Å². The van der Waals surface area contributed by atoms with Crippen LogP contribution in [0.25, 0.3) is 0 Å². The van der Waals surface area contributed by atoms with Crippen molar-refractivity contribution in [2.75, 3.05) is 13.3 Å². The van der Waals surface area contributed by atoms with Crippen LogP contribution >= 0.6 is 7.37 Å². The van der Waals surface area contributed by atoms with Crippen LogP contribution in [0.3, 0.4) is 0 Å². The number of methoxy groups -OCH3 is 1. The molecule has 5 heteroatoms. The van der Waals surface area contributed by atoms with E-state index in [1.807, 2.05) is 30.3 Å². The smallest absolute Gasteiger partial charge is 0.261 e. The third-order valence-electron chi connectivity index (χ3n) is 3.55. The molecule has 0 amide bonds. The van der Waals surface area contributed by atoms with Crippen molar-refractivity contribution in [3.8, 4) is 5.75 Å². The van der Waals surface area contributed by atoms with Crippen LogP contribution in [-0.4, -0.2) is 18.2 Å². The molecule has 21 heavy (non-hydrogen) atoms. The highest BCUT2D eigenvalue weighted by Gasteiger charge is 2.32. The van der Waals surface area contributed by atoms with Gasteiger partial charge in [0.1, 0.15) is 5.75 Å². The maximum absolute atomic E-state index is 12.5. The quantitative estimate of drug-likeness (QED) is 0.805. The lowest BCUT2D eigenvalue weighted by Crippen LogP contribution is -2.53. The Morgan fingerprint density at radius 3 is 2.33 bits per heavy atom. The molecular weight excluding hydrogens is 285 g/mol. The second-order valence-corrected chi connectivity index (χ2v) is 7.59. The summed E-state index contributed by atoms with van der Waals surface area (Å²) in [6.45, 7) is 0. The molecule has 0 fully saturated rings. The number of hydrogen-bond donors (Lipinski definition) is 2. The van der Waals surface area contributed by atoms with Crippen LogP contribution < -0.4 is 10.5 Å². The van der Waals surface area contributed by atoms with Crippen LogP contribution in [0.15, 0.2) is 54.6 Å². The zero-order valence-electron chi connectivity index (χ0n) is 12.1. The molecule has 0 aliphatic rings. The molecule has 1 unspecified atom stereocenters. The van der Waals surface area contributed by atoms with Crippen molar-refractivity contribution in [1.29, 1.82) is 0 Å². The Bertz CT molecular complexity index is 613. The predicted molar refractivity (Wildman–Crippen MR) is 83.5 cm³/mol. The van der Waals surface area contributed by atoms with Crippen molar-refractivity contribution in [3.05, 3.63) is 65.7 Å². The predicted octanol–water partition coefficient (Wildman–Crippen LogP) is 2.45. The molecule has 0 heterocycles. The summed E-state index contributed by atoms with van der Waals surface area (Å²) >= 11 is 0. The molecule has 0 aromatic heterocycles. The van der Waals surface area contributed by atoms with Crippen molar-refractivity contribution in [3.63, 3.8) is 0 Å². The van der Waals surface area contributed by atoms with E-state index in [1.165, 1.54) is 0 Å². The van der Waals surface area contributed by atoms with Crippen LogP contribution in [0.4, 0.5) is 0 Å². The van der Waals surface area contributed by atoms with Gasteiger partial charge in [0, 0.05) is 11.7 Å². The summed E-state index contributed by atoms with van der Waals surface area (Å²) < 4.78 is 17.6. The Morgan fingerprint density at radius 1 is 1.14 bits per heavy atom. The first-order chi connectivity index (χ1) is 10.0. The van der Waals surface area contributed by atoms with E-state index in [-0.39, 0.29) is 6.16 Å². The Labute approximate surface area is 125 Å². The largest absolute Gasteiger partial charge is 0.497 e. The molecule has 0 aliphatic heterocycles. The molecule has 0 saturated heterocycles. The van der Waals surface area contributed by atoms with Crippen molar-refractivity contribution in [2.24, 2.45) is 0 Å². The lowest BCUT2D eigenvalue weighted by molar-refractivity contribution is -0.397. The normalized spacial score (nSPS) is 15.2. The third kappa shape index (κ3) is 4.18. The van der Waals surface area contributed by atoms with Gasteiger partial charge in [0.05, 0.1) is 7.11 Å². The van der Waals surface area contributed by atoms with Gasteiger partial charge in [0.15, 0.2) is 5.78 Å². The average molecular weight is 306 g/mol. The molecule has 2 aromatic rings. The molecule has 0 spiro atoms. The average Bonchev–Trinajstić information content (AvgIpc) is 2.53. The lowest BCUT2D eigenvalue weighted by Gasteiger charge is -2.17. The van der Waals surface area contributed by atoms with Crippen molar-refractivity contribution < 1.29 is 19.9 Å². The van der Waals surface area contributed by atoms with E-state index in [1.54, 1.807) is 31.4 Å². The molecule has 0 bridgehead atoms. The Balaban J connectivity index is 2.05. The number of aryl methyl sites for hydroxylation is 1. The minimum atomic E-state index is -3.35. The Morgan fingerprint density at radius 2 is 1.76 bits per heavy atom. The van der Waals surface area contributed by atoms with E-state index in [9.17, 15) is 9.46 Å². The number of benzene rings is 2. The first kappa shape index (κ1) is 15.8. The summed E-state index contributed by atoms with van der Waals surface area (Å²) in [6, 6.07) is 16.9. The third-order valence-corrected chi connectivity index (χ3v) is 5.69. The van der Waals surface area contributed by atoms with Gasteiger partial charge in [-0.05, 0) is 36.2 Å². The highest BCUT2D eigenvalue weighted by atomic mass is 31.2. The lowest BCUT2D eigenvalue weighted by atomic mass is 10.2. The fourth-order valence-corrected chi connectivity index (χ4v) is 3.68. The summed E-state index contributed by atoms with van der Waals surface area (Å²) in [5, 5.41) is 0. The number of rotatable bonds is 6. The van der Waals surface area contributed by atoms with E-state index in [4.69, 9.17) is 4.74 Å². The summed E-state index contributed by atoms with van der Waals surface area (Å²) in [5.41, 5.74) is 5.72. The van der Waals surface area contributed by atoms with Crippen LogP contribution in [0.5, 0.6) is 5.75 Å². The van der Waals surface area contributed by atoms with Crippen molar-refractivity contribution in [1.82, 2.24) is 0 Å². The van der Waals surface area contributed by atoms with Crippen LogP contribution in [0.1, 0.15) is 16.9 Å². The molecule has 112 valence electrons. The standard InChI is InChI=1S/C16H20NO3P/c1-20-15-9-7-14(8-10-15)16(17)21(18,19)12-11-13-5-3-2-4-6-13/h2-10,16H,11-12,17H2,1H3,(H,18,19)/p+1/t16-/m1/s1. The molecule has 0 radical (unpaired) electrons. The SMILES string of the molecule is COc1ccc([C@H]([NH3+])P(=O)(O)CCc2ccccc2)cc1. The monoisotopic (exact) mass is 306 g/mol. The first-order valence-corrected chi connectivity index (χ1v) is 8.77. The Kier molecular flexibility index (Phi) is 5.18. The summed E-state index contributed by atoms with van der Waals surface area (Å²) in [7, 11) is -1.76. The van der Waals surface area contributed by atoms with E-state index >= 15 is 0 Å². The van der Waals surface area contributed by atoms with E-state index in [0.29, 0.717) is 6.42 Å². The topological polar surface area (TPSA) is 74.2 Å². The van der Waals surface area contributed by atoms with E-state index < -0.39 is 13.2 Å². The van der Waals surface area contributed by atoms with Crippen LogP contribution in [0.2, 0.25) is 0 Å². The van der Waals surface area contributed by atoms with Gasteiger partial charge >= 0.3 is 0 Å². The summed E-state index contributed by atoms with van der Waals surface area (Å²) in [6.07, 6.45) is 0.813. The van der Waals surface area contributed by atoms with E-state index in [0.717, 1.165) is 16.9 Å². The minimum Gasteiger partial charge on any atom is -0.497 e. The fourth-order valence-electron chi connectivity index (χ4n) is 2.15. The van der Waals surface area contributed by atoms with Gasteiger partial charge in [0.2, 0.25) is 0 Å². The van der Waals surface area contributed by atoms with Gasteiger partial charge in [-0.2, -0.15) is 0 Å². The summed E-state index contributed by atoms with van der Waals surface area (Å²) in [4.78, 5) is 10.3. The maximum atomic E-state index is 12.5.